The molecule has 1 aliphatic heterocycles. The number of likely N-dealkylation sites (tertiary alicyclic amines) is 1. The summed E-state index contributed by atoms with van der Waals surface area (Å²) < 4.78 is 5.52. The highest BCUT2D eigenvalue weighted by Gasteiger charge is 2.38. The third kappa shape index (κ3) is 5.23. The van der Waals surface area contributed by atoms with Crippen molar-refractivity contribution in [3.05, 3.63) is 90.5 Å². The smallest absolute Gasteiger partial charge is 0.410 e. The van der Waals surface area contributed by atoms with E-state index in [1.54, 1.807) is 14.9 Å². The first-order chi connectivity index (χ1) is 16.0. The molecule has 0 saturated carbocycles. The van der Waals surface area contributed by atoms with Crippen LogP contribution in [-0.2, 0) is 16.1 Å². The fourth-order valence-electron chi connectivity index (χ4n) is 4.19. The lowest BCUT2D eigenvalue weighted by Gasteiger charge is -2.34. The number of ether oxygens (including phenoxy) is 1. The second kappa shape index (κ2) is 10.3. The van der Waals surface area contributed by atoms with E-state index in [0.29, 0.717) is 13.0 Å². The molecule has 1 fully saturated rings. The molecule has 3 aromatic rings. The Kier molecular flexibility index (Phi) is 7.05. The van der Waals surface area contributed by atoms with Gasteiger partial charge in [0.05, 0.1) is 5.69 Å². The van der Waals surface area contributed by atoms with Crippen molar-refractivity contribution in [1.82, 2.24) is 9.91 Å². The van der Waals surface area contributed by atoms with Gasteiger partial charge in [-0.1, -0.05) is 72.8 Å². The van der Waals surface area contributed by atoms with E-state index in [4.69, 9.17) is 4.74 Å². The summed E-state index contributed by atoms with van der Waals surface area (Å²) in [5.41, 5.74) is 3.78. The van der Waals surface area contributed by atoms with Gasteiger partial charge in [-0.05, 0) is 41.7 Å². The van der Waals surface area contributed by atoms with Gasteiger partial charge in [-0.2, -0.15) is 0 Å². The van der Waals surface area contributed by atoms with Crippen molar-refractivity contribution in [2.45, 2.75) is 25.5 Å². The molecule has 1 atom stereocenters. The lowest BCUT2D eigenvalue weighted by Crippen LogP contribution is -2.52. The van der Waals surface area contributed by atoms with E-state index in [-0.39, 0.29) is 12.5 Å². The van der Waals surface area contributed by atoms with E-state index < -0.39 is 12.1 Å². The van der Waals surface area contributed by atoms with Gasteiger partial charge in [-0.15, -0.1) is 0 Å². The summed E-state index contributed by atoms with van der Waals surface area (Å²) in [6, 6.07) is 26.9. The van der Waals surface area contributed by atoms with Gasteiger partial charge < -0.3 is 4.74 Å². The Morgan fingerprint density at radius 2 is 1.58 bits per heavy atom. The van der Waals surface area contributed by atoms with Gasteiger partial charge in [0.25, 0.3) is 5.91 Å². The van der Waals surface area contributed by atoms with Crippen molar-refractivity contribution in [3.63, 3.8) is 0 Å². The average molecular weight is 444 g/mol. The van der Waals surface area contributed by atoms with Crippen LogP contribution < -0.4 is 5.01 Å². The van der Waals surface area contributed by atoms with Gasteiger partial charge >= 0.3 is 6.09 Å². The Morgan fingerprint density at radius 3 is 2.27 bits per heavy atom. The first-order valence-electron chi connectivity index (χ1n) is 11.2. The molecule has 1 aliphatic rings. The number of anilines is 1. The van der Waals surface area contributed by atoms with Crippen molar-refractivity contribution in [1.29, 1.82) is 0 Å². The minimum absolute atomic E-state index is 0.139. The second-order valence-electron chi connectivity index (χ2n) is 8.31. The van der Waals surface area contributed by atoms with E-state index in [2.05, 4.69) is 0 Å². The molecule has 0 aliphatic carbocycles. The molecule has 3 aromatic carbocycles. The van der Waals surface area contributed by atoms with Crippen LogP contribution in [0.15, 0.2) is 84.9 Å². The molecular formula is C27H29N3O3. The number of hydrogen-bond acceptors (Lipinski definition) is 4. The molecule has 170 valence electrons. The Hall–Kier alpha value is -3.64. The molecule has 0 bridgehead atoms. The average Bonchev–Trinajstić information content (AvgIpc) is 3.34. The van der Waals surface area contributed by atoms with Crippen LogP contribution in [0.25, 0.3) is 11.1 Å². The minimum Gasteiger partial charge on any atom is -0.445 e. The fraction of sp³-hybridized carbons (Fsp3) is 0.259. The Balaban J connectivity index is 1.52. The van der Waals surface area contributed by atoms with E-state index in [1.165, 1.54) is 0 Å². The summed E-state index contributed by atoms with van der Waals surface area (Å²) in [6.07, 6.45) is 0.927. The highest BCUT2D eigenvalue weighted by Crippen LogP contribution is 2.28. The van der Waals surface area contributed by atoms with E-state index in [1.807, 2.05) is 99.0 Å². The molecule has 0 N–H and O–H groups in total. The first-order valence-corrected chi connectivity index (χ1v) is 11.2. The quantitative estimate of drug-likeness (QED) is 0.505. The molecule has 33 heavy (non-hydrogen) atoms. The van der Waals surface area contributed by atoms with Crippen LogP contribution in [-0.4, -0.2) is 48.6 Å². The number of carbonyl (C=O) groups is 2. The maximum Gasteiger partial charge on any atom is 0.410 e. The molecule has 1 heterocycles. The molecule has 0 aromatic heterocycles. The molecule has 0 spiro atoms. The molecule has 6 nitrogen and oxygen atoms in total. The summed E-state index contributed by atoms with van der Waals surface area (Å²) in [5.74, 6) is -0.139. The fourth-order valence-corrected chi connectivity index (χ4v) is 4.19. The highest BCUT2D eigenvalue weighted by atomic mass is 16.6. The van der Waals surface area contributed by atoms with Gasteiger partial charge in [0.2, 0.25) is 0 Å². The summed E-state index contributed by atoms with van der Waals surface area (Å²) in [4.78, 5) is 28.0. The Bertz CT molecular complexity index is 1090. The van der Waals surface area contributed by atoms with Gasteiger partial charge in [0, 0.05) is 20.6 Å². The number of rotatable bonds is 6. The second-order valence-corrected chi connectivity index (χ2v) is 8.31. The molecule has 2 amide bonds. The van der Waals surface area contributed by atoms with E-state index >= 15 is 0 Å². The third-order valence-corrected chi connectivity index (χ3v) is 5.78. The van der Waals surface area contributed by atoms with Crippen molar-refractivity contribution in [3.8, 4) is 11.1 Å². The topological polar surface area (TPSA) is 53.1 Å². The van der Waals surface area contributed by atoms with Gasteiger partial charge in [-0.25, -0.2) is 14.8 Å². The Labute approximate surface area is 195 Å². The van der Waals surface area contributed by atoms with Crippen molar-refractivity contribution >= 4 is 17.7 Å². The van der Waals surface area contributed by atoms with Crippen LogP contribution in [0.3, 0.4) is 0 Å². The first kappa shape index (κ1) is 22.6. The largest absolute Gasteiger partial charge is 0.445 e. The highest BCUT2D eigenvalue weighted by molar-refractivity contribution is 5.98. The zero-order valence-corrected chi connectivity index (χ0v) is 19.1. The van der Waals surface area contributed by atoms with Crippen LogP contribution in [0.1, 0.15) is 18.4 Å². The third-order valence-electron chi connectivity index (χ3n) is 5.78. The maximum atomic E-state index is 13.7. The van der Waals surface area contributed by atoms with Crippen LogP contribution in [0, 0.1) is 0 Å². The number of hydrogen-bond donors (Lipinski definition) is 0. The van der Waals surface area contributed by atoms with Gasteiger partial charge in [-0.3, -0.25) is 9.69 Å². The SMILES string of the molecule is CN(C)N(C(=O)C1CCCN1C(=O)OCc1ccccc1)c1cccc(-c2ccccc2)c1. The van der Waals surface area contributed by atoms with E-state index in [0.717, 1.165) is 28.8 Å². The molecular weight excluding hydrogens is 414 g/mol. The molecule has 1 unspecified atom stereocenters. The zero-order chi connectivity index (χ0) is 23.2. The van der Waals surface area contributed by atoms with Gasteiger partial charge in [0.15, 0.2) is 0 Å². The summed E-state index contributed by atoms with van der Waals surface area (Å²) in [6.45, 7) is 0.697. The lowest BCUT2D eigenvalue weighted by atomic mass is 10.0. The summed E-state index contributed by atoms with van der Waals surface area (Å²) >= 11 is 0. The number of benzene rings is 3. The van der Waals surface area contributed by atoms with Crippen LogP contribution in [0.2, 0.25) is 0 Å². The van der Waals surface area contributed by atoms with Crippen molar-refractivity contribution in [2.24, 2.45) is 0 Å². The van der Waals surface area contributed by atoms with Crippen LogP contribution in [0.4, 0.5) is 10.5 Å². The number of amides is 2. The molecule has 0 radical (unpaired) electrons. The number of nitrogens with zero attached hydrogens (tertiary/aromatic N) is 3. The number of carbonyl (C=O) groups excluding carboxylic acids is 2. The molecule has 6 heteroatoms. The standard InChI is InChI=1S/C27H29N3O3/c1-28(2)30(24-16-9-15-23(19-24)22-13-7-4-8-14-22)26(31)25-17-10-18-29(25)27(32)33-20-21-11-5-3-6-12-21/h3-9,11-16,19,25H,10,17-18,20H2,1-2H3. The molecule has 4 rings (SSSR count). The van der Waals surface area contributed by atoms with Crippen molar-refractivity contribution < 1.29 is 14.3 Å². The summed E-state index contributed by atoms with van der Waals surface area (Å²) in [7, 11) is 3.67. The van der Waals surface area contributed by atoms with Gasteiger partial charge in [0.1, 0.15) is 12.6 Å². The summed E-state index contributed by atoms with van der Waals surface area (Å²) in [5, 5.41) is 3.40. The zero-order valence-electron chi connectivity index (χ0n) is 19.1. The monoisotopic (exact) mass is 443 g/mol. The molecule has 1 saturated heterocycles. The predicted molar refractivity (Wildman–Crippen MR) is 129 cm³/mol. The Morgan fingerprint density at radius 1 is 0.909 bits per heavy atom. The van der Waals surface area contributed by atoms with Crippen LogP contribution >= 0.6 is 0 Å². The lowest BCUT2D eigenvalue weighted by molar-refractivity contribution is -0.125. The van der Waals surface area contributed by atoms with Crippen molar-refractivity contribution in [2.75, 3.05) is 25.6 Å². The number of hydrazine groups is 1. The minimum atomic E-state index is -0.559. The van der Waals surface area contributed by atoms with E-state index in [9.17, 15) is 9.59 Å². The normalized spacial score (nSPS) is 15.5. The predicted octanol–water partition coefficient (Wildman–Crippen LogP) is 4.96. The maximum absolute atomic E-state index is 13.7. The van der Waals surface area contributed by atoms with Crippen LogP contribution in [0.5, 0.6) is 0 Å².